The van der Waals surface area contributed by atoms with Crippen molar-refractivity contribution in [2.24, 2.45) is 5.14 Å². The number of sulfonamides is 1. The van der Waals surface area contributed by atoms with Crippen LogP contribution in [-0.4, -0.2) is 27.0 Å². The number of ether oxygens (including phenoxy) is 2. The predicted octanol–water partition coefficient (Wildman–Crippen LogP) is 2.29. The molecule has 1 amide bonds. The van der Waals surface area contributed by atoms with E-state index < -0.39 is 10.0 Å². The van der Waals surface area contributed by atoms with E-state index in [9.17, 15) is 13.2 Å². The van der Waals surface area contributed by atoms with Gasteiger partial charge < -0.3 is 14.8 Å². The number of nitrogens with two attached hydrogens (primary N) is 1. The van der Waals surface area contributed by atoms with E-state index in [0.717, 1.165) is 23.3 Å². The fourth-order valence-corrected chi connectivity index (χ4v) is 3.74. The number of fused-ring (bicyclic) bond motifs is 1. The van der Waals surface area contributed by atoms with E-state index >= 15 is 0 Å². The van der Waals surface area contributed by atoms with Gasteiger partial charge in [-0.2, -0.15) is 0 Å². The molecule has 7 nitrogen and oxygen atoms in total. The molecule has 1 unspecified atom stereocenters. The van der Waals surface area contributed by atoms with E-state index in [2.05, 4.69) is 5.32 Å². The Kier molecular flexibility index (Phi) is 5.62. The Morgan fingerprint density at radius 3 is 2.75 bits per heavy atom. The molecule has 150 valence electrons. The molecule has 0 radical (unpaired) electrons. The highest BCUT2D eigenvalue weighted by atomic mass is 32.2. The fraction of sp³-hybridized carbons (Fsp3) is 0.350. The van der Waals surface area contributed by atoms with Crippen molar-refractivity contribution in [1.82, 2.24) is 5.32 Å². The van der Waals surface area contributed by atoms with Crippen molar-refractivity contribution in [2.75, 3.05) is 6.61 Å². The molecule has 0 spiro atoms. The summed E-state index contributed by atoms with van der Waals surface area (Å²) in [6, 6.07) is 8.07. The third-order valence-corrected chi connectivity index (χ3v) is 5.51. The number of primary sulfonamides is 1. The molecule has 1 heterocycles. The number of carbonyl (C=O) groups excluding carboxylic acids is 1. The van der Waals surface area contributed by atoms with Gasteiger partial charge in [-0.1, -0.05) is 6.07 Å². The first kappa shape index (κ1) is 20.2. The lowest BCUT2D eigenvalue weighted by Crippen LogP contribution is -2.24. The van der Waals surface area contributed by atoms with E-state index in [4.69, 9.17) is 14.6 Å². The molecule has 0 aromatic heterocycles. The van der Waals surface area contributed by atoms with Gasteiger partial charge >= 0.3 is 0 Å². The van der Waals surface area contributed by atoms with Crippen molar-refractivity contribution in [1.29, 1.82) is 0 Å². The number of rotatable bonds is 6. The Labute approximate surface area is 164 Å². The minimum absolute atomic E-state index is 0.0989. The van der Waals surface area contributed by atoms with Crippen LogP contribution in [0.3, 0.4) is 0 Å². The van der Waals surface area contributed by atoms with Gasteiger partial charge in [-0.15, -0.1) is 0 Å². The number of hydrogen-bond donors (Lipinski definition) is 2. The number of hydrogen-bond acceptors (Lipinski definition) is 5. The summed E-state index contributed by atoms with van der Waals surface area (Å²) in [7, 11) is -3.89. The third-order valence-electron chi connectivity index (χ3n) is 4.60. The quantitative estimate of drug-likeness (QED) is 0.768. The van der Waals surface area contributed by atoms with Crippen molar-refractivity contribution in [2.45, 2.75) is 44.7 Å². The van der Waals surface area contributed by atoms with Gasteiger partial charge in [0.05, 0.1) is 11.5 Å². The Morgan fingerprint density at radius 2 is 2.07 bits per heavy atom. The molecule has 3 rings (SSSR count). The molecule has 0 aliphatic carbocycles. The van der Waals surface area contributed by atoms with Crippen LogP contribution in [0.15, 0.2) is 35.2 Å². The maximum Gasteiger partial charge on any atom is 0.251 e. The lowest BCUT2D eigenvalue weighted by molar-refractivity contribution is 0.0949. The zero-order valence-corrected chi connectivity index (χ0v) is 16.9. The first-order valence-corrected chi connectivity index (χ1v) is 10.6. The van der Waals surface area contributed by atoms with Crippen LogP contribution in [0.4, 0.5) is 0 Å². The maximum absolute atomic E-state index is 12.7. The molecule has 0 bridgehead atoms. The van der Waals surface area contributed by atoms with E-state index in [0.29, 0.717) is 17.9 Å². The summed E-state index contributed by atoms with van der Waals surface area (Å²) in [6.07, 6.45) is 0.930. The summed E-state index contributed by atoms with van der Waals surface area (Å²) in [6.45, 7) is 6.36. The Bertz CT molecular complexity index is 1020. The molecule has 2 aromatic rings. The van der Waals surface area contributed by atoms with Crippen molar-refractivity contribution in [3.63, 3.8) is 0 Å². The van der Waals surface area contributed by atoms with Crippen LogP contribution < -0.4 is 19.9 Å². The van der Waals surface area contributed by atoms with Crippen LogP contribution in [-0.2, 0) is 23.0 Å². The largest absolute Gasteiger partial charge is 0.494 e. The summed E-state index contributed by atoms with van der Waals surface area (Å²) in [5.74, 6) is 1.11. The molecular weight excluding hydrogens is 380 g/mol. The second-order valence-corrected chi connectivity index (χ2v) is 8.40. The molecule has 0 fully saturated rings. The second-order valence-electron chi connectivity index (χ2n) is 6.84. The summed E-state index contributed by atoms with van der Waals surface area (Å²) in [5.41, 5.74) is 2.79. The Morgan fingerprint density at radius 1 is 1.32 bits per heavy atom. The van der Waals surface area contributed by atoms with Crippen molar-refractivity contribution in [3.05, 3.63) is 52.6 Å². The van der Waals surface area contributed by atoms with Crippen LogP contribution in [0.2, 0.25) is 0 Å². The fourth-order valence-electron chi connectivity index (χ4n) is 3.20. The second kappa shape index (κ2) is 7.81. The standard InChI is InChI=1S/C20H24N2O5S/c1-4-26-18-8-14-7-13(3)27-19(14)9-15(18)11-22-20(23)17-10-16(28(21,24)25)6-5-12(17)2/h5-6,8-10,13H,4,7,11H2,1-3H3,(H,22,23)(H2,21,24,25). The first-order chi connectivity index (χ1) is 13.2. The lowest BCUT2D eigenvalue weighted by Gasteiger charge is -2.14. The average Bonchev–Trinajstić information content (AvgIpc) is 2.98. The van der Waals surface area contributed by atoms with Crippen LogP contribution in [0, 0.1) is 6.92 Å². The normalized spacial score (nSPS) is 15.6. The zero-order chi connectivity index (χ0) is 20.5. The number of aryl methyl sites for hydroxylation is 1. The number of amides is 1. The molecule has 1 aliphatic rings. The molecule has 0 saturated carbocycles. The van der Waals surface area contributed by atoms with Gasteiger partial charge in [0.15, 0.2) is 0 Å². The molecule has 0 saturated heterocycles. The number of carbonyl (C=O) groups is 1. The number of nitrogens with one attached hydrogen (secondary N) is 1. The highest BCUT2D eigenvalue weighted by Crippen LogP contribution is 2.35. The van der Waals surface area contributed by atoms with Gasteiger partial charge in [0.2, 0.25) is 10.0 Å². The van der Waals surface area contributed by atoms with Crippen LogP contribution >= 0.6 is 0 Å². The lowest BCUT2D eigenvalue weighted by atomic mass is 10.1. The van der Waals surface area contributed by atoms with E-state index in [1.807, 2.05) is 26.0 Å². The molecule has 1 atom stereocenters. The highest BCUT2D eigenvalue weighted by molar-refractivity contribution is 7.89. The Hall–Kier alpha value is -2.58. The van der Waals surface area contributed by atoms with E-state index in [1.54, 1.807) is 13.0 Å². The van der Waals surface area contributed by atoms with Crippen molar-refractivity contribution < 1.29 is 22.7 Å². The van der Waals surface area contributed by atoms with Gasteiger partial charge in [-0.05, 0) is 50.6 Å². The minimum Gasteiger partial charge on any atom is -0.494 e. The van der Waals surface area contributed by atoms with Gasteiger partial charge in [-0.25, -0.2) is 13.6 Å². The highest BCUT2D eigenvalue weighted by Gasteiger charge is 2.22. The Balaban J connectivity index is 1.83. The van der Waals surface area contributed by atoms with E-state index in [1.165, 1.54) is 12.1 Å². The maximum atomic E-state index is 12.7. The van der Waals surface area contributed by atoms with Crippen molar-refractivity contribution >= 4 is 15.9 Å². The van der Waals surface area contributed by atoms with Crippen LogP contribution in [0.25, 0.3) is 0 Å². The van der Waals surface area contributed by atoms with E-state index in [-0.39, 0.29) is 29.0 Å². The molecule has 8 heteroatoms. The first-order valence-electron chi connectivity index (χ1n) is 9.06. The van der Waals surface area contributed by atoms with Crippen LogP contribution in [0.1, 0.15) is 40.9 Å². The smallest absolute Gasteiger partial charge is 0.251 e. The SMILES string of the molecule is CCOc1cc2c(cc1CNC(=O)c1cc(S(N)(=O)=O)ccc1C)OC(C)C2. The van der Waals surface area contributed by atoms with Gasteiger partial charge in [-0.3, -0.25) is 4.79 Å². The van der Waals surface area contributed by atoms with Gasteiger partial charge in [0.1, 0.15) is 17.6 Å². The summed E-state index contributed by atoms with van der Waals surface area (Å²) in [4.78, 5) is 12.6. The monoisotopic (exact) mass is 404 g/mol. The molecule has 3 N–H and O–H groups in total. The summed E-state index contributed by atoms with van der Waals surface area (Å²) < 4.78 is 34.6. The zero-order valence-electron chi connectivity index (χ0n) is 16.1. The molecule has 1 aliphatic heterocycles. The average molecular weight is 404 g/mol. The van der Waals surface area contributed by atoms with Crippen LogP contribution in [0.5, 0.6) is 11.5 Å². The van der Waals surface area contributed by atoms with Crippen molar-refractivity contribution in [3.8, 4) is 11.5 Å². The summed E-state index contributed by atoms with van der Waals surface area (Å²) in [5, 5.41) is 7.99. The van der Waals surface area contributed by atoms with Gasteiger partial charge in [0.25, 0.3) is 5.91 Å². The summed E-state index contributed by atoms with van der Waals surface area (Å²) >= 11 is 0. The molecular formula is C20H24N2O5S. The predicted molar refractivity (Wildman–Crippen MR) is 105 cm³/mol. The molecule has 28 heavy (non-hydrogen) atoms. The minimum atomic E-state index is -3.89. The topological polar surface area (TPSA) is 108 Å². The third kappa shape index (κ3) is 4.28. The number of benzene rings is 2. The molecule has 2 aromatic carbocycles. The van der Waals surface area contributed by atoms with Gasteiger partial charge in [0, 0.05) is 29.7 Å².